The zero-order valence-electron chi connectivity index (χ0n) is 12.8. The third kappa shape index (κ3) is 4.34. The highest BCUT2D eigenvalue weighted by molar-refractivity contribution is 7.89. The Kier molecular flexibility index (Phi) is 5.32. The first-order valence-corrected chi connectivity index (χ1v) is 8.57. The van der Waals surface area contributed by atoms with Crippen LogP contribution >= 0.6 is 0 Å². The summed E-state index contributed by atoms with van der Waals surface area (Å²) in [5, 5.41) is 0. The second kappa shape index (κ2) is 6.92. The van der Waals surface area contributed by atoms with Crippen molar-refractivity contribution in [1.82, 2.24) is 4.72 Å². The Morgan fingerprint density at radius 1 is 1.12 bits per heavy atom. The molecule has 0 spiro atoms. The molecule has 8 heteroatoms. The van der Waals surface area contributed by atoms with Crippen molar-refractivity contribution < 1.29 is 21.6 Å². The molecular formula is C16H17F3N2O2S. The van der Waals surface area contributed by atoms with Gasteiger partial charge in [0.1, 0.15) is 0 Å². The Hall–Kier alpha value is -1.90. The lowest BCUT2D eigenvalue weighted by atomic mass is 10.1. The molecular weight excluding hydrogens is 341 g/mol. The van der Waals surface area contributed by atoms with E-state index in [0.717, 1.165) is 23.8 Å². The fourth-order valence-electron chi connectivity index (χ4n) is 2.22. The molecule has 0 aliphatic rings. The highest BCUT2D eigenvalue weighted by atomic mass is 32.2. The van der Waals surface area contributed by atoms with Gasteiger partial charge >= 0.3 is 6.18 Å². The van der Waals surface area contributed by atoms with E-state index in [9.17, 15) is 21.6 Å². The third-order valence-corrected chi connectivity index (χ3v) is 5.10. The maximum Gasteiger partial charge on any atom is 0.416 e. The predicted octanol–water partition coefficient (Wildman–Crippen LogP) is 2.99. The van der Waals surface area contributed by atoms with E-state index in [4.69, 9.17) is 5.73 Å². The minimum absolute atomic E-state index is 0.0191. The van der Waals surface area contributed by atoms with Gasteiger partial charge < -0.3 is 5.73 Å². The molecule has 130 valence electrons. The quantitative estimate of drug-likeness (QED) is 0.863. The highest BCUT2D eigenvalue weighted by Gasteiger charge is 2.31. The summed E-state index contributed by atoms with van der Waals surface area (Å²) in [4.78, 5) is -0.198. The number of sulfonamides is 1. The number of halogens is 3. The normalized spacial score (nSPS) is 13.7. The van der Waals surface area contributed by atoms with E-state index < -0.39 is 27.8 Å². The first-order valence-electron chi connectivity index (χ1n) is 7.09. The molecule has 0 aliphatic carbocycles. The van der Waals surface area contributed by atoms with Gasteiger partial charge in [-0.25, -0.2) is 13.1 Å². The topological polar surface area (TPSA) is 72.2 Å². The zero-order valence-corrected chi connectivity index (χ0v) is 13.7. The summed E-state index contributed by atoms with van der Waals surface area (Å²) in [5.41, 5.74) is 5.81. The van der Waals surface area contributed by atoms with Crippen LogP contribution in [0.5, 0.6) is 0 Å². The number of rotatable bonds is 5. The Bertz CT molecular complexity index is 806. The number of aryl methyl sites for hydroxylation is 1. The van der Waals surface area contributed by atoms with Crippen LogP contribution in [0.4, 0.5) is 13.2 Å². The number of hydrogen-bond acceptors (Lipinski definition) is 3. The Morgan fingerprint density at radius 2 is 1.75 bits per heavy atom. The lowest BCUT2D eigenvalue weighted by Gasteiger charge is -2.15. The number of benzene rings is 2. The van der Waals surface area contributed by atoms with Crippen molar-refractivity contribution in [2.75, 3.05) is 6.54 Å². The van der Waals surface area contributed by atoms with Gasteiger partial charge in [0.05, 0.1) is 10.5 Å². The van der Waals surface area contributed by atoms with E-state index in [-0.39, 0.29) is 17.0 Å². The third-order valence-electron chi connectivity index (χ3n) is 3.51. The molecule has 0 heterocycles. The zero-order chi connectivity index (χ0) is 18.0. The van der Waals surface area contributed by atoms with E-state index >= 15 is 0 Å². The average Bonchev–Trinajstić information content (AvgIpc) is 2.52. The molecule has 4 nitrogen and oxygen atoms in total. The fraction of sp³-hybridized carbons (Fsp3) is 0.250. The smallest absolute Gasteiger partial charge is 0.323 e. The van der Waals surface area contributed by atoms with E-state index in [0.29, 0.717) is 0 Å². The molecule has 0 fully saturated rings. The van der Waals surface area contributed by atoms with Crippen LogP contribution in [-0.2, 0) is 16.2 Å². The van der Waals surface area contributed by atoms with Crippen molar-refractivity contribution in [3.63, 3.8) is 0 Å². The van der Waals surface area contributed by atoms with E-state index in [1.165, 1.54) is 6.92 Å². The summed E-state index contributed by atoms with van der Waals surface area (Å²) in [6, 6.07) is 10.9. The van der Waals surface area contributed by atoms with Crippen molar-refractivity contribution in [2.45, 2.75) is 24.0 Å². The first kappa shape index (κ1) is 18.4. The lowest BCUT2D eigenvalue weighted by molar-refractivity contribution is -0.137. The SMILES string of the molecule is Cc1cc(C(F)(F)F)ccc1S(=O)(=O)NCC(N)c1ccccc1. The summed E-state index contributed by atoms with van der Waals surface area (Å²) in [7, 11) is -3.95. The van der Waals surface area contributed by atoms with E-state index in [2.05, 4.69) is 4.72 Å². The fourth-order valence-corrected chi connectivity index (χ4v) is 3.51. The first-order chi connectivity index (χ1) is 11.1. The molecule has 2 aromatic rings. The molecule has 0 radical (unpaired) electrons. The minimum atomic E-state index is -4.52. The second-order valence-electron chi connectivity index (χ2n) is 5.35. The van der Waals surface area contributed by atoms with Gasteiger partial charge in [-0.1, -0.05) is 30.3 Å². The molecule has 2 rings (SSSR count). The molecule has 0 saturated carbocycles. The molecule has 0 aromatic heterocycles. The summed E-state index contributed by atoms with van der Waals surface area (Å²) >= 11 is 0. The van der Waals surface area contributed by atoms with Gasteiger partial charge in [0, 0.05) is 12.6 Å². The average molecular weight is 358 g/mol. The Labute approximate surface area is 138 Å². The van der Waals surface area contributed by atoms with E-state index in [1.807, 2.05) is 6.07 Å². The number of nitrogens with two attached hydrogens (primary N) is 1. The molecule has 1 atom stereocenters. The number of nitrogens with one attached hydrogen (secondary N) is 1. The molecule has 3 N–H and O–H groups in total. The maximum atomic E-state index is 12.7. The van der Waals surface area contributed by atoms with Crippen molar-refractivity contribution in [3.8, 4) is 0 Å². The largest absolute Gasteiger partial charge is 0.416 e. The van der Waals surface area contributed by atoms with Crippen LogP contribution in [0.25, 0.3) is 0 Å². The van der Waals surface area contributed by atoms with Gasteiger partial charge in [0.2, 0.25) is 10.0 Å². The van der Waals surface area contributed by atoms with Crippen molar-refractivity contribution in [3.05, 3.63) is 65.2 Å². The number of hydrogen-bond donors (Lipinski definition) is 2. The molecule has 0 bridgehead atoms. The van der Waals surface area contributed by atoms with Crippen LogP contribution in [0.1, 0.15) is 22.7 Å². The van der Waals surface area contributed by atoms with Crippen molar-refractivity contribution >= 4 is 10.0 Å². The summed E-state index contributed by atoms with van der Waals surface area (Å²) in [5.74, 6) is 0. The second-order valence-corrected chi connectivity index (χ2v) is 7.08. The predicted molar refractivity (Wildman–Crippen MR) is 84.7 cm³/mol. The summed E-state index contributed by atoms with van der Waals surface area (Å²) < 4.78 is 64.9. The molecule has 0 saturated heterocycles. The van der Waals surface area contributed by atoms with Gasteiger partial charge in [0.25, 0.3) is 0 Å². The van der Waals surface area contributed by atoms with Gasteiger partial charge in [-0.15, -0.1) is 0 Å². The van der Waals surface area contributed by atoms with Crippen LogP contribution in [0.2, 0.25) is 0 Å². The van der Waals surface area contributed by atoms with Crippen LogP contribution in [0.3, 0.4) is 0 Å². The van der Waals surface area contributed by atoms with Gasteiger partial charge in [-0.2, -0.15) is 13.2 Å². The maximum absolute atomic E-state index is 12.7. The Balaban J connectivity index is 2.16. The molecule has 24 heavy (non-hydrogen) atoms. The summed E-state index contributed by atoms with van der Waals surface area (Å²) in [6.07, 6.45) is -4.52. The van der Waals surface area contributed by atoms with Crippen LogP contribution in [0, 0.1) is 6.92 Å². The molecule has 0 aliphatic heterocycles. The number of alkyl halides is 3. The summed E-state index contributed by atoms with van der Waals surface area (Å²) in [6.45, 7) is 1.26. The van der Waals surface area contributed by atoms with Gasteiger partial charge in [0.15, 0.2) is 0 Å². The Morgan fingerprint density at radius 3 is 2.29 bits per heavy atom. The molecule has 0 amide bonds. The van der Waals surface area contributed by atoms with Gasteiger partial charge in [-0.05, 0) is 36.2 Å². The standard InChI is InChI=1S/C16H17F3N2O2S/c1-11-9-13(16(17,18)19)7-8-15(11)24(22,23)21-10-14(20)12-5-3-2-4-6-12/h2-9,14,21H,10,20H2,1H3. The van der Waals surface area contributed by atoms with Crippen LogP contribution < -0.4 is 10.5 Å². The van der Waals surface area contributed by atoms with Crippen LogP contribution in [0.15, 0.2) is 53.4 Å². The minimum Gasteiger partial charge on any atom is -0.323 e. The van der Waals surface area contributed by atoms with E-state index in [1.54, 1.807) is 24.3 Å². The van der Waals surface area contributed by atoms with Crippen LogP contribution in [-0.4, -0.2) is 15.0 Å². The van der Waals surface area contributed by atoms with Crippen molar-refractivity contribution in [1.29, 1.82) is 0 Å². The highest BCUT2D eigenvalue weighted by Crippen LogP contribution is 2.31. The molecule has 1 unspecified atom stereocenters. The monoisotopic (exact) mass is 358 g/mol. The molecule has 2 aromatic carbocycles. The van der Waals surface area contributed by atoms with Crippen molar-refractivity contribution in [2.24, 2.45) is 5.73 Å². The van der Waals surface area contributed by atoms with Gasteiger partial charge in [-0.3, -0.25) is 0 Å². The lowest BCUT2D eigenvalue weighted by Crippen LogP contribution is -2.32.